The molecule has 0 saturated heterocycles. The molecule has 1 heterocycles. The van der Waals surface area contributed by atoms with Crippen LogP contribution in [0.5, 0.6) is 0 Å². The van der Waals surface area contributed by atoms with Crippen LogP contribution in [-0.2, 0) is 0 Å². The lowest BCUT2D eigenvalue weighted by Crippen LogP contribution is -2.16. The van der Waals surface area contributed by atoms with Crippen molar-refractivity contribution in [3.63, 3.8) is 0 Å². The third kappa shape index (κ3) is 2.03. The fourth-order valence-electron chi connectivity index (χ4n) is 1.16. The molecular formula is C9H16N2S. The van der Waals surface area contributed by atoms with Gasteiger partial charge in [-0.2, -0.15) is 0 Å². The number of nitrogens with one attached hydrogen (secondary N) is 1. The highest BCUT2D eigenvalue weighted by molar-refractivity contribution is 8.04. The summed E-state index contributed by atoms with van der Waals surface area (Å²) in [7, 11) is 0. The Morgan fingerprint density at radius 1 is 1.58 bits per heavy atom. The van der Waals surface area contributed by atoms with Crippen molar-refractivity contribution < 1.29 is 0 Å². The quantitative estimate of drug-likeness (QED) is 0.647. The zero-order valence-electron chi connectivity index (χ0n) is 7.68. The van der Waals surface area contributed by atoms with Gasteiger partial charge < -0.3 is 11.1 Å². The molecule has 3 heteroatoms. The van der Waals surface area contributed by atoms with Crippen molar-refractivity contribution >= 4 is 17.5 Å². The monoisotopic (exact) mass is 184 g/mol. The summed E-state index contributed by atoms with van der Waals surface area (Å²) in [5, 5.41) is 7.81. The number of hydrogen-bond acceptors (Lipinski definition) is 3. The van der Waals surface area contributed by atoms with Crippen LogP contribution in [0.25, 0.3) is 0 Å². The van der Waals surface area contributed by atoms with E-state index in [-0.39, 0.29) is 0 Å². The Kier molecular flexibility index (Phi) is 3.20. The Morgan fingerprint density at radius 3 is 2.75 bits per heavy atom. The van der Waals surface area contributed by atoms with Crippen molar-refractivity contribution in [1.82, 2.24) is 0 Å². The average molecular weight is 184 g/mol. The lowest BCUT2D eigenvalue weighted by molar-refractivity contribution is 0.859. The fraction of sp³-hybridized carbons (Fsp3) is 0.667. The second kappa shape index (κ2) is 3.99. The lowest BCUT2D eigenvalue weighted by Gasteiger charge is -2.19. The van der Waals surface area contributed by atoms with Gasteiger partial charge in [0.2, 0.25) is 0 Å². The van der Waals surface area contributed by atoms with Crippen LogP contribution < -0.4 is 5.73 Å². The van der Waals surface area contributed by atoms with Crippen LogP contribution in [0, 0.1) is 11.3 Å². The number of nitrogens with two attached hydrogens (primary N) is 1. The van der Waals surface area contributed by atoms with Crippen LogP contribution in [0.3, 0.4) is 0 Å². The van der Waals surface area contributed by atoms with E-state index < -0.39 is 0 Å². The van der Waals surface area contributed by atoms with E-state index in [1.165, 1.54) is 0 Å². The van der Waals surface area contributed by atoms with Crippen molar-refractivity contribution in [2.45, 2.75) is 26.7 Å². The van der Waals surface area contributed by atoms with Gasteiger partial charge in [-0.3, -0.25) is 0 Å². The highest BCUT2D eigenvalue weighted by atomic mass is 32.2. The maximum absolute atomic E-state index is 7.81. The van der Waals surface area contributed by atoms with E-state index in [4.69, 9.17) is 11.1 Å². The molecule has 0 aromatic heterocycles. The molecule has 0 fully saturated rings. The zero-order chi connectivity index (χ0) is 9.14. The summed E-state index contributed by atoms with van der Waals surface area (Å²) in [4.78, 5) is 1.04. The molecule has 0 saturated carbocycles. The number of hydrogen-bond donors (Lipinski definition) is 2. The maximum atomic E-state index is 7.81. The Morgan fingerprint density at radius 2 is 2.25 bits per heavy atom. The highest BCUT2D eigenvalue weighted by Crippen LogP contribution is 2.29. The fourth-order valence-corrected chi connectivity index (χ4v) is 2.33. The smallest absolute Gasteiger partial charge is 0.0492 e. The first-order chi connectivity index (χ1) is 5.63. The van der Waals surface area contributed by atoms with Gasteiger partial charge in [-0.05, 0) is 24.5 Å². The molecule has 0 aromatic rings. The molecule has 0 bridgehead atoms. The van der Waals surface area contributed by atoms with E-state index in [1.54, 1.807) is 11.8 Å². The molecule has 1 aliphatic rings. The standard InChI is InChI=1S/C9H16N2S/c1-6(2)8(11)9-7(10)4-3-5-12-9/h6,11H,3-5,10H2,1-2H3. The Labute approximate surface area is 78.1 Å². The summed E-state index contributed by atoms with van der Waals surface area (Å²) < 4.78 is 0. The molecule has 12 heavy (non-hydrogen) atoms. The SMILES string of the molecule is CC(C)C(=N)C1=C(N)CCCS1. The summed E-state index contributed by atoms with van der Waals surface area (Å²) >= 11 is 1.74. The molecule has 2 nitrogen and oxygen atoms in total. The number of rotatable bonds is 2. The van der Waals surface area contributed by atoms with Gasteiger partial charge >= 0.3 is 0 Å². The van der Waals surface area contributed by atoms with Crippen LogP contribution in [0.15, 0.2) is 10.6 Å². The summed E-state index contributed by atoms with van der Waals surface area (Å²) in [6, 6.07) is 0. The summed E-state index contributed by atoms with van der Waals surface area (Å²) in [5.41, 5.74) is 7.46. The summed E-state index contributed by atoms with van der Waals surface area (Å²) in [5.74, 6) is 1.41. The predicted octanol–water partition coefficient (Wildman–Crippen LogP) is 2.36. The minimum absolute atomic E-state index is 0.296. The molecule has 3 N–H and O–H groups in total. The molecule has 0 atom stereocenters. The maximum Gasteiger partial charge on any atom is 0.0492 e. The van der Waals surface area contributed by atoms with Crippen molar-refractivity contribution in [2.75, 3.05) is 5.75 Å². The first-order valence-corrected chi connectivity index (χ1v) is 5.31. The van der Waals surface area contributed by atoms with E-state index >= 15 is 0 Å². The van der Waals surface area contributed by atoms with Gasteiger partial charge in [0.05, 0.1) is 0 Å². The van der Waals surface area contributed by atoms with Crippen LogP contribution in [0.1, 0.15) is 26.7 Å². The van der Waals surface area contributed by atoms with Gasteiger partial charge in [-0.25, -0.2) is 0 Å². The van der Waals surface area contributed by atoms with Crippen molar-refractivity contribution in [2.24, 2.45) is 11.7 Å². The molecule has 1 aliphatic heterocycles. The molecule has 1 rings (SSSR count). The molecule has 0 aliphatic carbocycles. The summed E-state index contributed by atoms with van der Waals surface area (Å²) in [6.45, 7) is 4.08. The second-order valence-corrected chi connectivity index (χ2v) is 4.48. The van der Waals surface area contributed by atoms with Crippen LogP contribution in [0.4, 0.5) is 0 Å². The molecule has 0 radical (unpaired) electrons. The van der Waals surface area contributed by atoms with Crippen LogP contribution in [0.2, 0.25) is 0 Å². The van der Waals surface area contributed by atoms with Crippen molar-refractivity contribution in [3.8, 4) is 0 Å². The van der Waals surface area contributed by atoms with Crippen LogP contribution in [-0.4, -0.2) is 11.5 Å². The average Bonchev–Trinajstić information content (AvgIpc) is 2.04. The van der Waals surface area contributed by atoms with Gasteiger partial charge in [-0.1, -0.05) is 13.8 Å². The Balaban J connectivity index is 2.78. The largest absolute Gasteiger partial charge is 0.401 e. The first kappa shape index (κ1) is 9.65. The Bertz CT molecular complexity index is 219. The van der Waals surface area contributed by atoms with Crippen molar-refractivity contribution in [1.29, 1.82) is 5.41 Å². The molecule has 0 unspecified atom stereocenters. The number of allylic oxidation sites excluding steroid dienone is 2. The van der Waals surface area contributed by atoms with Gasteiger partial charge in [0, 0.05) is 16.3 Å². The zero-order valence-corrected chi connectivity index (χ0v) is 8.50. The van der Waals surface area contributed by atoms with E-state index in [0.29, 0.717) is 11.6 Å². The Hall–Kier alpha value is -0.440. The van der Waals surface area contributed by atoms with Crippen LogP contribution >= 0.6 is 11.8 Å². The molecular weight excluding hydrogens is 168 g/mol. The lowest BCUT2D eigenvalue weighted by atomic mass is 10.1. The van der Waals surface area contributed by atoms with Gasteiger partial charge in [0.15, 0.2) is 0 Å². The van der Waals surface area contributed by atoms with E-state index in [0.717, 1.165) is 29.2 Å². The first-order valence-electron chi connectivity index (χ1n) is 4.33. The van der Waals surface area contributed by atoms with E-state index in [2.05, 4.69) is 0 Å². The minimum atomic E-state index is 0.296. The minimum Gasteiger partial charge on any atom is -0.401 e. The highest BCUT2D eigenvalue weighted by Gasteiger charge is 2.16. The molecule has 0 spiro atoms. The number of thioether (sulfide) groups is 1. The second-order valence-electron chi connectivity index (χ2n) is 3.37. The predicted molar refractivity (Wildman–Crippen MR) is 55.5 cm³/mol. The molecule has 68 valence electrons. The van der Waals surface area contributed by atoms with E-state index in [1.807, 2.05) is 13.8 Å². The topological polar surface area (TPSA) is 49.9 Å². The molecule has 0 aromatic carbocycles. The molecule has 0 amide bonds. The van der Waals surface area contributed by atoms with Crippen molar-refractivity contribution in [3.05, 3.63) is 10.6 Å². The van der Waals surface area contributed by atoms with Gasteiger partial charge in [0.25, 0.3) is 0 Å². The summed E-state index contributed by atoms with van der Waals surface area (Å²) in [6.07, 6.45) is 2.13. The van der Waals surface area contributed by atoms with Gasteiger partial charge in [-0.15, -0.1) is 11.8 Å². The van der Waals surface area contributed by atoms with Gasteiger partial charge in [0.1, 0.15) is 0 Å². The third-order valence-corrected chi connectivity index (χ3v) is 3.21. The normalized spacial score (nSPS) is 18.6. The van der Waals surface area contributed by atoms with E-state index in [9.17, 15) is 0 Å². The third-order valence-electron chi connectivity index (χ3n) is 1.95.